The van der Waals surface area contributed by atoms with Crippen molar-refractivity contribution in [2.24, 2.45) is 11.8 Å². The number of rotatable bonds is 14. The van der Waals surface area contributed by atoms with Crippen molar-refractivity contribution >= 4 is 65.6 Å². The molecule has 1 saturated carbocycles. The molecule has 3 rings (SSSR count). The van der Waals surface area contributed by atoms with Crippen LogP contribution in [-0.4, -0.2) is 99.8 Å². The van der Waals surface area contributed by atoms with Crippen molar-refractivity contribution in [2.75, 3.05) is 31.3 Å². The number of hydrogen-bond donors (Lipinski definition) is 1. The van der Waals surface area contributed by atoms with Gasteiger partial charge in [0.25, 0.3) is 11.8 Å². The lowest BCUT2D eigenvalue weighted by Gasteiger charge is -2.30. The van der Waals surface area contributed by atoms with E-state index in [0.29, 0.717) is 62.0 Å². The van der Waals surface area contributed by atoms with Crippen LogP contribution in [0.15, 0.2) is 0 Å². The number of Topliss-reactive ketones (excluding diaryl/α,β-unsaturated/α-hetero) is 2. The number of carbonyl (C=O) groups is 7. The molecule has 14 heteroatoms. The van der Waals surface area contributed by atoms with Crippen LogP contribution in [-0.2, 0) is 47.9 Å². The molecule has 2 heterocycles. The Morgan fingerprint density at radius 2 is 1.43 bits per heavy atom. The maximum absolute atomic E-state index is 12.7. The highest BCUT2D eigenvalue weighted by molar-refractivity contribution is 8.00. The maximum Gasteiger partial charge on any atom is 0.336 e. The quantitative estimate of drug-likeness (QED) is 0.171. The molecule has 0 radical (unpaired) electrons. The molecular weight excluding hydrogens is 588 g/mol. The minimum atomic E-state index is -0.580. The van der Waals surface area contributed by atoms with Gasteiger partial charge in [-0.15, -0.1) is 16.8 Å². The predicted octanol–water partition coefficient (Wildman–Crippen LogP) is 2.17. The van der Waals surface area contributed by atoms with Gasteiger partial charge in [0.15, 0.2) is 11.6 Å². The summed E-state index contributed by atoms with van der Waals surface area (Å²) in [5.41, 5.74) is 0. The normalized spacial score (nSPS) is 23.9. The molecule has 1 unspecified atom stereocenters. The SMILES string of the molecule is CC(=O)[C@H](C)OCCS.CC(=O)[C@H](C)OCCSC1CC(=O)N(CC2CCC(C(=O)ON3C(=O)CCC3=O)CC2)C1=O. The highest BCUT2D eigenvalue weighted by Crippen LogP contribution is 2.33. The molecule has 42 heavy (non-hydrogen) atoms. The fourth-order valence-corrected chi connectivity index (χ4v) is 5.63. The standard InChI is InChI=1S/C22H30N2O8S.C6H12O2S/c1-13(25)14(2)31-9-10-33-17-11-20(28)23(21(17)29)12-15-3-5-16(6-4-15)22(30)32-24-18(26)7-8-19(24)27;1-5(7)6(2)8-3-4-9/h14-17H,3-12H2,1-2H3;6,9H,3-4H2,1-2H3/t14-,15?,16?,17?;6-/m00/s1. The second-order valence-corrected chi connectivity index (χ2v) is 12.3. The highest BCUT2D eigenvalue weighted by Gasteiger charge is 2.41. The topological polar surface area (TPSA) is 154 Å². The van der Waals surface area contributed by atoms with Gasteiger partial charge in [-0.2, -0.15) is 12.6 Å². The van der Waals surface area contributed by atoms with Crippen LogP contribution in [0.1, 0.15) is 72.6 Å². The summed E-state index contributed by atoms with van der Waals surface area (Å²) >= 11 is 5.29. The van der Waals surface area contributed by atoms with Gasteiger partial charge in [0, 0.05) is 37.3 Å². The van der Waals surface area contributed by atoms with E-state index in [0.717, 1.165) is 0 Å². The fourth-order valence-electron chi connectivity index (χ4n) is 4.52. The van der Waals surface area contributed by atoms with Gasteiger partial charge in [-0.25, -0.2) is 4.79 Å². The van der Waals surface area contributed by atoms with Gasteiger partial charge in [-0.3, -0.25) is 33.7 Å². The molecule has 0 aromatic rings. The summed E-state index contributed by atoms with van der Waals surface area (Å²) in [5.74, 6) is -1.09. The summed E-state index contributed by atoms with van der Waals surface area (Å²) in [4.78, 5) is 88.7. The number of hydroxylamine groups is 2. The molecule has 0 bridgehead atoms. The van der Waals surface area contributed by atoms with Crippen molar-refractivity contribution in [3.05, 3.63) is 0 Å². The summed E-state index contributed by atoms with van der Waals surface area (Å²) in [6.07, 6.45) is 1.84. The molecule has 2 aliphatic heterocycles. The molecule has 0 N–H and O–H groups in total. The van der Waals surface area contributed by atoms with Crippen LogP contribution in [0.3, 0.4) is 0 Å². The smallest absolute Gasteiger partial charge is 0.336 e. The van der Waals surface area contributed by atoms with Crippen molar-refractivity contribution in [1.29, 1.82) is 0 Å². The second kappa shape index (κ2) is 17.7. The van der Waals surface area contributed by atoms with Crippen molar-refractivity contribution in [2.45, 2.75) is 90.1 Å². The van der Waals surface area contributed by atoms with Crippen LogP contribution in [0.5, 0.6) is 0 Å². The van der Waals surface area contributed by atoms with E-state index in [2.05, 4.69) is 12.6 Å². The minimum Gasteiger partial charge on any atom is -0.370 e. The number of likely N-dealkylation sites (tertiary alicyclic amines) is 1. The lowest BCUT2D eigenvalue weighted by molar-refractivity contribution is -0.201. The summed E-state index contributed by atoms with van der Waals surface area (Å²) < 4.78 is 10.4. The number of nitrogens with zero attached hydrogens (tertiary/aromatic N) is 2. The number of imide groups is 2. The third-order valence-electron chi connectivity index (χ3n) is 7.38. The second-order valence-electron chi connectivity index (χ2n) is 10.6. The summed E-state index contributed by atoms with van der Waals surface area (Å²) in [6.45, 7) is 7.61. The zero-order valence-corrected chi connectivity index (χ0v) is 26.4. The van der Waals surface area contributed by atoms with E-state index in [1.807, 2.05) is 0 Å². The monoisotopic (exact) mass is 630 g/mol. The molecule has 0 aromatic carbocycles. The highest BCUT2D eigenvalue weighted by atomic mass is 32.2. The summed E-state index contributed by atoms with van der Waals surface area (Å²) in [7, 11) is 0. The maximum atomic E-state index is 12.7. The van der Waals surface area contributed by atoms with Crippen LogP contribution < -0.4 is 0 Å². The van der Waals surface area contributed by atoms with Crippen LogP contribution in [0.4, 0.5) is 0 Å². The summed E-state index contributed by atoms with van der Waals surface area (Å²) in [5, 5.41) is 0.134. The van der Waals surface area contributed by atoms with Gasteiger partial charge in [0.1, 0.15) is 12.2 Å². The lowest BCUT2D eigenvalue weighted by Crippen LogP contribution is -2.39. The Morgan fingerprint density at radius 3 is 1.95 bits per heavy atom. The molecule has 3 aliphatic rings. The number of carbonyl (C=O) groups excluding carboxylic acids is 7. The van der Waals surface area contributed by atoms with E-state index in [-0.39, 0.29) is 54.7 Å². The van der Waals surface area contributed by atoms with Crippen LogP contribution in [0.2, 0.25) is 0 Å². The predicted molar refractivity (Wildman–Crippen MR) is 156 cm³/mol. The first-order valence-corrected chi connectivity index (χ1v) is 15.9. The van der Waals surface area contributed by atoms with E-state index in [1.165, 1.54) is 30.5 Å². The first-order chi connectivity index (χ1) is 19.8. The Labute approximate surface area is 256 Å². The van der Waals surface area contributed by atoms with Gasteiger partial charge in [-0.05, 0) is 59.3 Å². The van der Waals surface area contributed by atoms with E-state index in [4.69, 9.17) is 14.3 Å². The van der Waals surface area contributed by atoms with Crippen LogP contribution >= 0.6 is 24.4 Å². The van der Waals surface area contributed by atoms with Gasteiger partial charge in [-0.1, -0.05) is 0 Å². The number of ketones is 2. The molecule has 0 spiro atoms. The van der Waals surface area contributed by atoms with Crippen LogP contribution in [0, 0.1) is 11.8 Å². The lowest BCUT2D eigenvalue weighted by atomic mass is 9.82. The zero-order valence-electron chi connectivity index (χ0n) is 24.7. The molecule has 236 valence electrons. The van der Waals surface area contributed by atoms with E-state index < -0.39 is 35.1 Å². The van der Waals surface area contributed by atoms with E-state index in [9.17, 15) is 33.6 Å². The largest absolute Gasteiger partial charge is 0.370 e. The van der Waals surface area contributed by atoms with E-state index >= 15 is 0 Å². The third-order valence-corrected chi connectivity index (χ3v) is 8.74. The third kappa shape index (κ3) is 11.1. The van der Waals surface area contributed by atoms with E-state index in [1.54, 1.807) is 13.8 Å². The molecule has 3 fully saturated rings. The number of ether oxygens (including phenoxy) is 2. The Morgan fingerprint density at radius 1 is 0.881 bits per heavy atom. The van der Waals surface area contributed by atoms with Gasteiger partial charge >= 0.3 is 5.97 Å². The molecule has 3 atom stereocenters. The van der Waals surface area contributed by atoms with Crippen molar-refractivity contribution < 1.29 is 47.9 Å². The van der Waals surface area contributed by atoms with Crippen LogP contribution in [0.25, 0.3) is 0 Å². The van der Waals surface area contributed by atoms with Crippen molar-refractivity contribution in [1.82, 2.24) is 9.96 Å². The van der Waals surface area contributed by atoms with Gasteiger partial charge in [0.05, 0.1) is 24.4 Å². The zero-order chi connectivity index (χ0) is 31.4. The average molecular weight is 631 g/mol. The Bertz CT molecular complexity index is 999. The Kier molecular flexibility index (Phi) is 15.2. The first kappa shape index (κ1) is 35.9. The fraction of sp³-hybridized carbons (Fsp3) is 0.750. The van der Waals surface area contributed by atoms with Crippen molar-refractivity contribution in [3.63, 3.8) is 0 Å². The molecule has 4 amide bonds. The molecule has 12 nitrogen and oxygen atoms in total. The Balaban J connectivity index is 0.000000592. The summed E-state index contributed by atoms with van der Waals surface area (Å²) in [6, 6.07) is 0. The molecular formula is C28H42N2O10S2. The number of thioether (sulfide) groups is 1. The van der Waals surface area contributed by atoms with Gasteiger partial charge < -0.3 is 14.3 Å². The number of hydrogen-bond acceptors (Lipinski definition) is 12. The first-order valence-electron chi connectivity index (χ1n) is 14.2. The molecule has 1 aliphatic carbocycles. The Hall–Kier alpha value is -2.29. The minimum absolute atomic E-state index is 0.0561. The van der Waals surface area contributed by atoms with Gasteiger partial charge in [0.2, 0.25) is 11.8 Å². The van der Waals surface area contributed by atoms with Crippen molar-refractivity contribution in [3.8, 4) is 0 Å². The number of amides is 4. The molecule has 2 saturated heterocycles. The number of thiol groups is 1. The average Bonchev–Trinajstić information content (AvgIpc) is 3.41. The molecule has 0 aromatic heterocycles.